The van der Waals surface area contributed by atoms with Crippen LogP contribution in [0.4, 0.5) is 4.79 Å². The normalized spacial score (nSPS) is 17.5. The smallest absolute Gasteiger partial charge is 0.326 e. The lowest BCUT2D eigenvalue weighted by atomic mass is 10.2. The molecule has 2 N–H and O–H groups in total. The molecule has 2 amide bonds. The first kappa shape index (κ1) is 11.8. The summed E-state index contributed by atoms with van der Waals surface area (Å²) in [6, 6.07) is -0.989. The van der Waals surface area contributed by atoms with E-state index in [1.54, 1.807) is 4.90 Å². The Balaban J connectivity index is 2.42. The maximum absolute atomic E-state index is 11.6. The fourth-order valence-electron chi connectivity index (χ4n) is 1.71. The van der Waals surface area contributed by atoms with E-state index in [0.717, 1.165) is 32.4 Å². The van der Waals surface area contributed by atoms with Crippen molar-refractivity contribution in [3.63, 3.8) is 0 Å². The second kappa shape index (κ2) is 5.58. The highest BCUT2D eigenvalue weighted by Crippen LogP contribution is 2.08. The Morgan fingerprint density at radius 2 is 2.00 bits per heavy atom. The first-order chi connectivity index (χ1) is 7.15. The predicted octanol–water partition coefficient (Wildman–Crippen LogP) is 1.05. The SMILES string of the molecule is CCC[C@H](NC(=O)N1CCCC1)C(=O)O. The van der Waals surface area contributed by atoms with Gasteiger partial charge in [-0.05, 0) is 19.3 Å². The standard InChI is InChI=1S/C10H18N2O3/c1-2-5-8(9(13)14)11-10(15)12-6-3-4-7-12/h8H,2-7H2,1H3,(H,11,15)(H,13,14)/t8-/m0/s1. The van der Waals surface area contributed by atoms with Crippen LogP contribution in [0.1, 0.15) is 32.6 Å². The highest BCUT2D eigenvalue weighted by Gasteiger charge is 2.23. The third kappa shape index (κ3) is 3.42. The van der Waals surface area contributed by atoms with Gasteiger partial charge in [0.2, 0.25) is 0 Å². The van der Waals surface area contributed by atoms with Crippen LogP contribution in [0, 0.1) is 0 Å². The second-order valence-electron chi connectivity index (χ2n) is 3.82. The number of hydrogen-bond donors (Lipinski definition) is 2. The molecule has 5 nitrogen and oxygen atoms in total. The van der Waals surface area contributed by atoms with Crippen molar-refractivity contribution in [3.05, 3.63) is 0 Å². The van der Waals surface area contributed by atoms with Gasteiger partial charge in [0.25, 0.3) is 0 Å². The minimum atomic E-state index is -0.954. The number of urea groups is 1. The quantitative estimate of drug-likeness (QED) is 0.734. The Bertz CT molecular complexity index is 237. The van der Waals surface area contributed by atoms with Gasteiger partial charge in [0.05, 0.1) is 0 Å². The first-order valence-corrected chi connectivity index (χ1v) is 5.43. The minimum absolute atomic E-state index is 0.242. The van der Waals surface area contributed by atoms with Crippen molar-refractivity contribution in [3.8, 4) is 0 Å². The number of nitrogens with zero attached hydrogens (tertiary/aromatic N) is 1. The molecule has 1 rings (SSSR count). The van der Waals surface area contributed by atoms with Crippen LogP contribution >= 0.6 is 0 Å². The van der Waals surface area contributed by atoms with E-state index in [1.165, 1.54) is 0 Å². The molecule has 1 atom stereocenters. The van der Waals surface area contributed by atoms with Gasteiger partial charge in [-0.15, -0.1) is 0 Å². The zero-order valence-electron chi connectivity index (χ0n) is 9.03. The molecule has 0 aromatic heterocycles. The molecule has 0 aliphatic carbocycles. The molecule has 1 aliphatic rings. The molecule has 86 valence electrons. The van der Waals surface area contributed by atoms with E-state index in [2.05, 4.69) is 5.32 Å². The Hall–Kier alpha value is -1.26. The largest absolute Gasteiger partial charge is 0.480 e. The molecule has 0 bridgehead atoms. The summed E-state index contributed by atoms with van der Waals surface area (Å²) in [5.41, 5.74) is 0. The molecule has 0 spiro atoms. The lowest BCUT2D eigenvalue weighted by Gasteiger charge is -2.20. The van der Waals surface area contributed by atoms with Crippen molar-refractivity contribution in [1.82, 2.24) is 10.2 Å². The fraction of sp³-hybridized carbons (Fsp3) is 0.800. The molecule has 0 aromatic carbocycles. The third-order valence-corrected chi connectivity index (χ3v) is 2.57. The van der Waals surface area contributed by atoms with Crippen molar-refractivity contribution in [2.75, 3.05) is 13.1 Å². The summed E-state index contributed by atoms with van der Waals surface area (Å²) in [7, 11) is 0. The summed E-state index contributed by atoms with van der Waals surface area (Å²) in [4.78, 5) is 24.1. The van der Waals surface area contributed by atoms with Crippen LogP contribution < -0.4 is 5.32 Å². The summed E-state index contributed by atoms with van der Waals surface area (Å²) in [6.45, 7) is 3.38. The van der Waals surface area contributed by atoms with E-state index in [1.807, 2.05) is 6.92 Å². The third-order valence-electron chi connectivity index (χ3n) is 2.57. The number of hydrogen-bond acceptors (Lipinski definition) is 2. The molecule has 1 aliphatic heterocycles. The average molecular weight is 214 g/mol. The minimum Gasteiger partial charge on any atom is -0.480 e. The molecule has 5 heteroatoms. The van der Waals surface area contributed by atoms with E-state index in [-0.39, 0.29) is 6.03 Å². The van der Waals surface area contributed by atoms with E-state index < -0.39 is 12.0 Å². The van der Waals surface area contributed by atoms with Gasteiger partial charge >= 0.3 is 12.0 Å². The molecule has 0 saturated carbocycles. The maximum atomic E-state index is 11.6. The average Bonchev–Trinajstić information content (AvgIpc) is 2.69. The number of carboxylic acid groups (broad SMARTS) is 1. The topological polar surface area (TPSA) is 69.6 Å². The zero-order chi connectivity index (χ0) is 11.3. The van der Waals surface area contributed by atoms with Gasteiger partial charge < -0.3 is 15.3 Å². The van der Waals surface area contributed by atoms with Gasteiger partial charge in [-0.3, -0.25) is 0 Å². The molecule has 1 fully saturated rings. The zero-order valence-corrected chi connectivity index (χ0v) is 9.03. The number of nitrogens with one attached hydrogen (secondary N) is 1. The molecule has 15 heavy (non-hydrogen) atoms. The Morgan fingerprint density at radius 1 is 1.40 bits per heavy atom. The van der Waals surface area contributed by atoms with Gasteiger partial charge in [0.1, 0.15) is 6.04 Å². The summed E-state index contributed by atoms with van der Waals surface area (Å²) in [5, 5.41) is 11.4. The van der Waals surface area contributed by atoms with E-state index in [9.17, 15) is 9.59 Å². The monoisotopic (exact) mass is 214 g/mol. The Morgan fingerprint density at radius 3 is 2.47 bits per heavy atom. The van der Waals surface area contributed by atoms with Crippen LogP contribution in [0.2, 0.25) is 0 Å². The first-order valence-electron chi connectivity index (χ1n) is 5.43. The molecule has 0 radical (unpaired) electrons. The number of amides is 2. The summed E-state index contributed by atoms with van der Waals surface area (Å²) >= 11 is 0. The van der Waals surface area contributed by atoms with Crippen LogP contribution in [0.3, 0.4) is 0 Å². The van der Waals surface area contributed by atoms with Gasteiger partial charge in [-0.25, -0.2) is 9.59 Å². The number of carbonyl (C=O) groups is 2. The van der Waals surface area contributed by atoms with Gasteiger partial charge in [-0.2, -0.15) is 0 Å². The van der Waals surface area contributed by atoms with Gasteiger partial charge in [-0.1, -0.05) is 13.3 Å². The highest BCUT2D eigenvalue weighted by atomic mass is 16.4. The molecule has 0 aromatic rings. The predicted molar refractivity (Wildman–Crippen MR) is 55.7 cm³/mol. The molecular weight excluding hydrogens is 196 g/mol. The number of likely N-dealkylation sites (tertiary alicyclic amines) is 1. The molecule has 1 heterocycles. The van der Waals surface area contributed by atoms with Crippen molar-refractivity contribution < 1.29 is 14.7 Å². The van der Waals surface area contributed by atoms with Gasteiger partial charge in [0.15, 0.2) is 0 Å². The van der Waals surface area contributed by atoms with Crippen molar-refractivity contribution in [1.29, 1.82) is 0 Å². The number of aliphatic carboxylic acids is 1. The molecule has 0 unspecified atom stereocenters. The summed E-state index contributed by atoms with van der Waals surface area (Å²) in [5.74, 6) is -0.954. The van der Waals surface area contributed by atoms with Crippen molar-refractivity contribution in [2.24, 2.45) is 0 Å². The Kier molecular flexibility index (Phi) is 4.39. The molecular formula is C10H18N2O3. The van der Waals surface area contributed by atoms with Crippen LogP contribution in [-0.2, 0) is 4.79 Å². The van der Waals surface area contributed by atoms with Crippen LogP contribution in [-0.4, -0.2) is 41.1 Å². The van der Waals surface area contributed by atoms with Crippen molar-refractivity contribution >= 4 is 12.0 Å². The van der Waals surface area contributed by atoms with E-state index >= 15 is 0 Å². The van der Waals surface area contributed by atoms with E-state index in [4.69, 9.17) is 5.11 Å². The maximum Gasteiger partial charge on any atom is 0.326 e. The van der Waals surface area contributed by atoms with Crippen molar-refractivity contribution in [2.45, 2.75) is 38.6 Å². The van der Waals surface area contributed by atoms with Crippen LogP contribution in [0.25, 0.3) is 0 Å². The lowest BCUT2D eigenvalue weighted by molar-refractivity contribution is -0.139. The van der Waals surface area contributed by atoms with Crippen LogP contribution in [0.15, 0.2) is 0 Å². The number of carbonyl (C=O) groups excluding carboxylic acids is 1. The second-order valence-corrected chi connectivity index (χ2v) is 3.82. The lowest BCUT2D eigenvalue weighted by Crippen LogP contribution is -2.46. The fourth-order valence-corrected chi connectivity index (χ4v) is 1.71. The molecule has 1 saturated heterocycles. The summed E-state index contributed by atoms with van der Waals surface area (Å²) < 4.78 is 0. The highest BCUT2D eigenvalue weighted by molar-refractivity contribution is 5.82. The number of carboxylic acids is 1. The van der Waals surface area contributed by atoms with Gasteiger partial charge in [0, 0.05) is 13.1 Å². The number of rotatable bonds is 4. The van der Waals surface area contributed by atoms with Crippen LogP contribution in [0.5, 0.6) is 0 Å². The Labute approximate surface area is 89.4 Å². The van der Waals surface area contributed by atoms with E-state index in [0.29, 0.717) is 6.42 Å². The summed E-state index contributed by atoms with van der Waals surface area (Å²) in [6.07, 6.45) is 3.25.